The molecule has 1 heterocycles. The van der Waals surface area contributed by atoms with E-state index in [4.69, 9.17) is 4.74 Å². The van der Waals surface area contributed by atoms with Crippen LogP contribution in [0.25, 0.3) is 0 Å². The highest BCUT2D eigenvalue weighted by Crippen LogP contribution is 2.38. The number of aromatic nitrogens is 2. The van der Waals surface area contributed by atoms with Crippen molar-refractivity contribution in [3.8, 4) is 5.88 Å². The molecule has 0 bridgehead atoms. The van der Waals surface area contributed by atoms with Crippen molar-refractivity contribution in [1.29, 1.82) is 0 Å². The van der Waals surface area contributed by atoms with Gasteiger partial charge in [0.25, 0.3) is 5.91 Å². The van der Waals surface area contributed by atoms with Gasteiger partial charge < -0.3 is 10.1 Å². The monoisotopic (exact) mass is 379 g/mol. The van der Waals surface area contributed by atoms with Gasteiger partial charge in [-0.05, 0) is 52.4 Å². The molecule has 0 spiro atoms. The zero-order valence-electron chi connectivity index (χ0n) is 12.4. The largest absolute Gasteiger partial charge is 0.480 e. The van der Waals surface area contributed by atoms with E-state index in [0.29, 0.717) is 16.3 Å². The Hall–Kier alpha value is -2.02. The standard InChI is InChI=1S/C16H15BrFN3O2/c1-23-15-8-19-7-14(21-15)16(22)20-11-4-10(5-11)9-2-3-13(18)12(17)6-9/h2-3,6-8,10-11H,4-5H2,1H3,(H,20,22). The number of hydrogen-bond donors (Lipinski definition) is 1. The third-order valence-corrected chi connectivity index (χ3v) is 4.55. The summed E-state index contributed by atoms with van der Waals surface area (Å²) in [5.74, 6) is 0.101. The Morgan fingerprint density at radius 3 is 2.87 bits per heavy atom. The summed E-state index contributed by atoms with van der Waals surface area (Å²) in [5, 5.41) is 2.93. The van der Waals surface area contributed by atoms with Gasteiger partial charge in [0.2, 0.25) is 5.88 Å². The maximum atomic E-state index is 13.3. The first-order valence-corrected chi connectivity index (χ1v) is 7.98. The zero-order chi connectivity index (χ0) is 16.4. The van der Waals surface area contributed by atoms with E-state index in [2.05, 4.69) is 31.2 Å². The maximum Gasteiger partial charge on any atom is 0.271 e. The molecule has 3 rings (SSSR count). The van der Waals surface area contributed by atoms with Gasteiger partial charge in [0.05, 0.1) is 24.0 Å². The van der Waals surface area contributed by atoms with E-state index in [1.165, 1.54) is 25.6 Å². The molecular formula is C16H15BrFN3O2. The number of hydrogen-bond acceptors (Lipinski definition) is 4. The number of methoxy groups -OCH3 is 1. The molecular weight excluding hydrogens is 365 g/mol. The molecule has 7 heteroatoms. The Labute approximate surface area is 141 Å². The first-order valence-electron chi connectivity index (χ1n) is 7.18. The van der Waals surface area contributed by atoms with Crippen LogP contribution in [0, 0.1) is 5.82 Å². The number of rotatable bonds is 4. The molecule has 0 unspecified atom stereocenters. The Bertz CT molecular complexity index is 735. The van der Waals surface area contributed by atoms with Crippen LogP contribution in [-0.2, 0) is 0 Å². The summed E-state index contributed by atoms with van der Waals surface area (Å²) in [5.41, 5.74) is 1.31. The van der Waals surface area contributed by atoms with Gasteiger partial charge in [-0.1, -0.05) is 6.07 Å². The Kier molecular flexibility index (Phi) is 4.56. The molecule has 0 aliphatic heterocycles. The summed E-state index contributed by atoms with van der Waals surface area (Å²) in [6, 6.07) is 5.13. The van der Waals surface area contributed by atoms with E-state index in [0.717, 1.165) is 18.4 Å². The van der Waals surface area contributed by atoms with Crippen molar-refractivity contribution in [3.63, 3.8) is 0 Å². The van der Waals surface area contributed by atoms with Gasteiger partial charge in [-0.25, -0.2) is 9.37 Å². The van der Waals surface area contributed by atoms with Crippen LogP contribution >= 0.6 is 15.9 Å². The van der Waals surface area contributed by atoms with Crippen LogP contribution in [0.4, 0.5) is 4.39 Å². The molecule has 1 aliphatic carbocycles. The molecule has 1 aromatic carbocycles. The van der Waals surface area contributed by atoms with E-state index in [1.54, 1.807) is 12.1 Å². The fourth-order valence-corrected chi connectivity index (χ4v) is 2.99. The van der Waals surface area contributed by atoms with E-state index in [-0.39, 0.29) is 23.5 Å². The maximum absolute atomic E-state index is 13.3. The molecule has 2 aromatic rings. The minimum Gasteiger partial charge on any atom is -0.480 e. The normalized spacial score (nSPS) is 19.8. The van der Waals surface area contributed by atoms with Crippen LogP contribution in [0.2, 0.25) is 0 Å². The minimum absolute atomic E-state index is 0.0873. The summed E-state index contributed by atoms with van der Waals surface area (Å²) in [6.07, 6.45) is 4.50. The molecule has 1 amide bonds. The third kappa shape index (κ3) is 3.50. The molecule has 23 heavy (non-hydrogen) atoms. The summed E-state index contributed by atoms with van der Waals surface area (Å²) in [4.78, 5) is 20.1. The number of nitrogens with zero attached hydrogens (tertiary/aromatic N) is 2. The van der Waals surface area contributed by atoms with Crippen LogP contribution in [0.3, 0.4) is 0 Å². The number of ether oxygens (including phenoxy) is 1. The second-order valence-corrected chi connectivity index (χ2v) is 6.31. The second kappa shape index (κ2) is 6.62. The topological polar surface area (TPSA) is 64.1 Å². The second-order valence-electron chi connectivity index (χ2n) is 5.46. The summed E-state index contributed by atoms with van der Waals surface area (Å²) in [6.45, 7) is 0. The van der Waals surface area contributed by atoms with E-state index < -0.39 is 0 Å². The third-order valence-electron chi connectivity index (χ3n) is 3.94. The van der Waals surface area contributed by atoms with Gasteiger partial charge in [0.1, 0.15) is 11.5 Å². The van der Waals surface area contributed by atoms with Crippen molar-refractivity contribution in [2.75, 3.05) is 7.11 Å². The average molecular weight is 380 g/mol. The molecule has 5 nitrogen and oxygen atoms in total. The highest BCUT2D eigenvalue weighted by atomic mass is 79.9. The van der Waals surface area contributed by atoms with Gasteiger partial charge >= 0.3 is 0 Å². The Morgan fingerprint density at radius 1 is 1.39 bits per heavy atom. The molecule has 1 saturated carbocycles. The fraction of sp³-hybridized carbons (Fsp3) is 0.312. The van der Waals surface area contributed by atoms with Crippen LogP contribution in [-0.4, -0.2) is 29.0 Å². The lowest BCUT2D eigenvalue weighted by atomic mass is 9.76. The molecule has 0 radical (unpaired) electrons. The molecule has 1 N–H and O–H groups in total. The SMILES string of the molecule is COc1cncc(C(=O)NC2CC(c3ccc(F)c(Br)c3)C2)n1. The van der Waals surface area contributed by atoms with Crippen LogP contribution < -0.4 is 10.1 Å². The number of halogens is 2. The summed E-state index contributed by atoms with van der Waals surface area (Å²) >= 11 is 3.20. The first kappa shape index (κ1) is 15.9. The smallest absolute Gasteiger partial charge is 0.271 e. The van der Waals surface area contributed by atoms with E-state index >= 15 is 0 Å². The number of carbonyl (C=O) groups excluding carboxylic acids is 1. The quantitative estimate of drug-likeness (QED) is 0.886. The van der Waals surface area contributed by atoms with Crippen molar-refractivity contribution < 1.29 is 13.9 Å². The predicted octanol–water partition coefficient (Wildman–Crippen LogP) is 3.06. The van der Waals surface area contributed by atoms with Gasteiger partial charge in [-0.3, -0.25) is 9.78 Å². The fourth-order valence-electron chi connectivity index (χ4n) is 2.59. The molecule has 1 aromatic heterocycles. The summed E-state index contributed by atoms with van der Waals surface area (Å²) in [7, 11) is 1.48. The Morgan fingerprint density at radius 2 is 2.17 bits per heavy atom. The molecule has 1 fully saturated rings. The van der Waals surface area contributed by atoms with E-state index in [9.17, 15) is 9.18 Å². The molecule has 120 valence electrons. The molecule has 0 saturated heterocycles. The van der Waals surface area contributed by atoms with Crippen molar-refractivity contribution in [3.05, 3.63) is 52.1 Å². The number of carbonyl (C=O) groups is 1. The van der Waals surface area contributed by atoms with Crippen LogP contribution in [0.5, 0.6) is 5.88 Å². The lowest BCUT2D eigenvalue weighted by Crippen LogP contribution is -2.43. The first-order chi connectivity index (χ1) is 11.1. The van der Waals surface area contributed by atoms with Crippen molar-refractivity contribution in [1.82, 2.24) is 15.3 Å². The molecule has 1 aliphatic rings. The van der Waals surface area contributed by atoms with E-state index in [1.807, 2.05) is 0 Å². The lowest BCUT2D eigenvalue weighted by Gasteiger charge is -2.36. The average Bonchev–Trinajstić information content (AvgIpc) is 2.53. The number of amides is 1. The highest BCUT2D eigenvalue weighted by Gasteiger charge is 2.32. The van der Waals surface area contributed by atoms with Gasteiger partial charge in [0, 0.05) is 6.04 Å². The highest BCUT2D eigenvalue weighted by molar-refractivity contribution is 9.10. The number of nitrogens with one attached hydrogen (secondary N) is 1. The summed E-state index contributed by atoms with van der Waals surface area (Å²) < 4.78 is 18.7. The number of benzene rings is 1. The van der Waals surface area contributed by atoms with Gasteiger partial charge in [0.15, 0.2) is 0 Å². The van der Waals surface area contributed by atoms with Gasteiger partial charge in [-0.2, -0.15) is 0 Å². The van der Waals surface area contributed by atoms with Crippen LogP contribution in [0.15, 0.2) is 35.1 Å². The minimum atomic E-state index is -0.269. The zero-order valence-corrected chi connectivity index (χ0v) is 14.0. The lowest BCUT2D eigenvalue weighted by molar-refractivity contribution is 0.0902. The van der Waals surface area contributed by atoms with Crippen molar-refractivity contribution in [2.24, 2.45) is 0 Å². The van der Waals surface area contributed by atoms with Crippen LogP contribution in [0.1, 0.15) is 34.8 Å². The predicted molar refractivity (Wildman–Crippen MR) is 85.9 cm³/mol. The Balaban J connectivity index is 1.57. The van der Waals surface area contributed by atoms with Gasteiger partial charge in [-0.15, -0.1) is 0 Å². The molecule has 0 atom stereocenters. The van der Waals surface area contributed by atoms with Crippen molar-refractivity contribution >= 4 is 21.8 Å². The van der Waals surface area contributed by atoms with Crippen molar-refractivity contribution in [2.45, 2.75) is 24.8 Å².